The predicted octanol–water partition coefficient (Wildman–Crippen LogP) is 2.15. The van der Waals surface area contributed by atoms with Gasteiger partial charge in [-0.05, 0) is 25.1 Å². The molecule has 0 bridgehead atoms. The van der Waals surface area contributed by atoms with Crippen LogP contribution in [0, 0.1) is 0 Å². The molecule has 6 heteroatoms. The zero-order chi connectivity index (χ0) is 13.7. The van der Waals surface area contributed by atoms with Crippen molar-refractivity contribution in [3.8, 4) is 0 Å². The van der Waals surface area contributed by atoms with E-state index in [2.05, 4.69) is 27.3 Å². The van der Waals surface area contributed by atoms with Gasteiger partial charge in [0.1, 0.15) is 12.2 Å². The second-order valence-electron chi connectivity index (χ2n) is 4.41. The Hall–Kier alpha value is -1.46. The molecule has 0 saturated carbocycles. The van der Waals surface area contributed by atoms with Crippen LogP contribution in [0.3, 0.4) is 0 Å². The summed E-state index contributed by atoms with van der Waals surface area (Å²) in [5.41, 5.74) is 0.973. The van der Waals surface area contributed by atoms with Crippen LogP contribution >= 0.6 is 11.6 Å². The van der Waals surface area contributed by atoms with Gasteiger partial charge in [-0.1, -0.05) is 18.5 Å². The third-order valence-corrected chi connectivity index (χ3v) is 3.16. The van der Waals surface area contributed by atoms with Crippen molar-refractivity contribution in [2.24, 2.45) is 7.05 Å². The van der Waals surface area contributed by atoms with E-state index in [0.29, 0.717) is 5.02 Å². The van der Waals surface area contributed by atoms with Gasteiger partial charge in [-0.2, -0.15) is 5.10 Å². The number of aryl methyl sites for hydroxylation is 1. The Kier molecular flexibility index (Phi) is 4.87. The molecular weight excluding hydrogens is 262 g/mol. The van der Waals surface area contributed by atoms with Gasteiger partial charge in [0.05, 0.1) is 16.8 Å². The second kappa shape index (κ2) is 6.63. The maximum Gasteiger partial charge on any atom is 0.138 e. The zero-order valence-corrected chi connectivity index (χ0v) is 11.9. The minimum Gasteiger partial charge on any atom is -0.308 e. The number of hydrogen-bond acceptors (Lipinski definition) is 4. The minimum absolute atomic E-state index is 0.125. The molecule has 0 aliphatic carbocycles. The molecular formula is C13H18ClN5. The summed E-state index contributed by atoms with van der Waals surface area (Å²) in [5.74, 6) is 0.936. The summed E-state index contributed by atoms with van der Waals surface area (Å²) in [5, 5.41) is 8.23. The lowest BCUT2D eigenvalue weighted by Crippen LogP contribution is -2.26. The Bertz CT molecular complexity index is 508. The maximum absolute atomic E-state index is 5.88. The summed E-state index contributed by atoms with van der Waals surface area (Å²) < 4.78 is 1.79. The first-order chi connectivity index (χ1) is 9.20. The van der Waals surface area contributed by atoms with Gasteiger partial charge in [0.2, 0.25) is 0 Å². The molecule has 2 aromatic rings. The molecule has 102 valence electrons. The third-order valence-electron chi connectivity index (χ3n) is 2.94. The average Bonchev–Trinajstić information content (AvgIpc) is 2.81. The lowest BCUT2D eigenvalue weighted by atomic mass is 10.1. The monoisotopic (exact) mass is 279 g/mol. The van der Waals surface area contributed by atoms with Gasteiger partial charge in [-0.3, -0.25) is 9.67 Å². The summed E-state index contributed by atoms with van der Waals surface area (Å²) in [6.07, 6.45) is 5.07. The van der Waals surface area contributed by atoms with Crippen molar-refractivity contribution < 1.29 is 0 Å². The van der Waals surface area contributed by atoms with E-state index in [1.807, 2.05) is 19.2 Å². The molecule has 2 aromatic heterocycles. The van der Waals surface area contributed by atoms with E-state index in [4.69, 9.17) is 11.6 Å². The number of hydrogen-bond donors (Lipinski definition) is 1. The maximum atomic E-state index is 5.88. The van der Waals surface area contributed by atoms with Crippen LogP contribution in [0.1, 0.15) is 30.9 Å². The Labute approximate surface area is 118 Å². The van der Waals surface area contributed by atoms with Crippen LogP contribution in [0.5, 0.6) is 0 Å². The number of aromatic nitrogens is 4. The van der Waals surface area contributed by atoms with Gasteiger partial charge in [0.25, 0.3) is 0 Å². The molecule has 19 heavy (non-hydrogen) atoms. The van der Waals surface area contributed by atoms with Crippen LogP contribution in [-0.2, 0) is 13.5 Å². The normalized spacial score (nSPS) is 12.6. The molecule has 0 aliphatic rings. The topological polar surface area (TPSA) is 55.6 Å². The lowest BCUT2D eigenvalue weighted by molar-refractivity contribution is 0.496. The molecule has 1 atom stereocenters. The Morgan fingerprint density at radius 3 is 2.79 bits per heavy atom. The van der Waals surface area contributed by atoms with E-state index in [-0.39, 0.29) is 6.04 Å². The van der Waals surface area contributed by atoms with Crippen LogP contribution in [0.2, 0.25) is 5.02 Å². The van der Waals surface area contributed by atoms with E-state index >= 15 is 0 Å². The number of nitrogens with one attached hydrogen (secondary N) is 1. The highest BCUT2D eigenvalue weighted by atomic mass is 35.5. The molecule has 2 heterocycles. The zero-order valence-electron chi connectivity index (χ0n) is 11.2. The fourth-order valence-electron chi connectivity index (χ4n) is 1.88. The smallest absolute Gasteiger partial charge is 0.138 e. The molecule has 5 nitrogen and oxygen atoms in total. The van der Waals surface area contributed by atoms with Crippen LogP contribution in [0.25, 0.3) is 0 Å². The van der Waals surface area contributed by atoms with Gasteiger partial charge >= 0.3 is 0 Å². The molecule has 0 radical (unpaired) electrons. The number of rotatable bonds is 6. The van der Waals surface area contributed by atoms with Gasteiger partial charge in [0.15, 0.2) is 0 Å². The molecule has 1 unspecified atom stereocenters. The highest BCUT2D eigenvalue weighted by Gasteiger charge is 2.15. The predicted molar refractivity (Wildman–Crippen MR) is 75.0 cm³/mol. The standard InChI is InChI=1S/C13H18ClN5/c1-3-6-15-12(7-13-17-9-18-19(13)2)11-5-4-10(14)8-16-11/h4-5,8-9,12,15H,3,6-7H2,1-2H3. The van der Waals surface area contributed by atoms with Crippen molar-refractivity contribution in [1.29, 1.82) is 0 Å². The van der Waals surface area contributed by atoms with Crippen molar-refractivity contribution in [2.75, 3.05) is 6.54 Å². The number of pyridine rings is 1. The SMILES string of the molecule is CCCNC(Cc1ncnn1C)c1ccc(Cl)cn1. The van der Waals surface area contributed by atoms with Crippen molar-refractivity contribution >= 4 is 11.6 Å². The van der Waals surface area contributed by atoms with E-state index in [1.54, 1.807) is 17.2 Å². The van der Waals surface area contributed by atoms with Crippen molar-refractivity contribution in [2.45, 2.75) is 25.8 Å². The van der Waals surface area contributed by atoms with Crippen molar-refractivity contribution in [3.05, 3.63) is 41.2 Å². The first-order valence-corrected chi connectivity index (χ1v) is 6.76. The van der Waals surface area contributed by atoms with Crippen molar-refractivity contribution in [3.63, 3.8) is 0 Å². The van der Waals surface area contributed by atoms with Gasteiger partial charge in [0, 0.05) is 19.7 Å². The number of halogens is 1. The van der Waals surface area contributed by atoms with E-state index < -0.39 is 0 Å². The van der Waals surface area contributed by atoms with Gasteiger partial charge < -0.3 is 5.32 Å². The van der Waals surface area contributed by atoms with Crippen LogP contribution in [-0.4, -0.2) is 26.3 Å². The highest BCUT2D eigenvalue weighted by molar-refractivity contribution is 6.30. The molecule has 1 N–H and O–H groups in total. The summed E-state index contributed by atoms with van der Waals surface area (Å²) in [4.78, 5) is 8.65. The van der Waals surface area contributed by atoms with E-state index in [0.717, 1.165) is 30.9 Å². The highest BCUT2D eigenvalue weighted by Crippen LogP contribution is 2.17. The molecule has 0 saturated heterocycles. The van der Waals surface area contributed by atoms with Gasteiger partial charge in [-0.25, -0.2) is 4.98 Å². The lowest BCUT2D eigenvalue weighted by Gasteiger charge is -2.17. The summed E-state index contributed by atoms with van der Waals surface area (Å²) >= 11 is 5.88. The summed E-state index contributed by atoms with van der Waals surface area (Å²) in [7, 11) is 1.90. The van der Waals surface area contributed by atoms with Crippen LogP contribution in [0.4, 0.5) is 0 Å². The Balaban J connectivity index is 2.15. The molecule has 0 aliphatic heterocycles. The fourth-order valence-corrected chi connectivity index (χ4v) is 1.99. The van der Waals surface area contributed by atoms with Gasteiger partial charge in [-0.15, -0.1) is 0 Å². The first kappa shape index (κ1) is 14.0. The minimum atomic E-state index is 0.125. The second-order valence-corrected chi connectivity index (χ2v) is 4.85. The number of nitrogens with zero attached hydrogens (tertiary/aromatic N) is 4. The Morgan fingerprint density at radius 1 is 1.37 bits per heavy atom. The molecule has 0 amide bonds. The van der Waals surface area contributed by atoms with E-state index in [9.17, 15) is 0 Å². The molecule has 0 spiro atoms. The van der Waals surface area contributed by atoms with Crippen LogP contribution < -0.4 is 5.32 Å². The average molecular weight is 280 g/mol. The van der Waals surface area contributed by atoms with Crippen LogP contribution in [0.15, 0.2) is 24.7 Å². The summed E-state index contributed by atoms with van der Waals surface area (Å²) in [6.45, 7) is 3.08. The Morgan fingerprint density at radius 2 is 2.21 bits per heavy atom. The largest absolute Gasteiger partial charge is 0.308 e. The molecule has 2 rings (SSSR count). The quantitative estimate of drug-likeness (QED) is 0.880. The first-order valence-electron chi connectivity index (χ1n) is 6.38. The third kappa shape index (κ3) is 3.75. The fraction of sp³-hybridized carbons (Fsp3) is 0.462. The van der Waals surface area contributed by atoms with Crippen molar-refractivity contribution in [1.82, 2.24) is 25.1 Å². The van der Waals surface area contributed by atoms with E-state index in [1.165, 1.54) is 0 Å². The summed E-state index contributed by atoms with van der Waals surface area (Å²) in [6, 6.07) is 3.94. The molecule has 0 aromatic carbocycles. The molecule has 0 fully saturated rings.